The second-order valence-corrected chi connectivity index (χ2v) is 22.4. The van der Waals surface area contributed by atoms with Crippen LogP contribution in [0.1, 0.15) is 88.0 Å². The van der Waals surface area contributed by atoms with Crippen molar-refractivity contribution >= 4 is 56.3 Å². The minimum absolute atomic E-state index is 0. The van der Waals surface area contributed by atoms with Crippen LogP contribution < -0.4 is 50.8 Å². The summed E-state index contributed by atoms with van der Waals surface area (Å²) in [4.78, 5) is 69.0. The molecule has 0 saturated heterocycles. The Morgan fingerprint density at radius 3 is 1.09 bits per heavy atom. The molecule has 26 nitrogen and oxygen atoms in total. The largest absolute Gasteiger partial charge is 0.870 e. The van der Waals surface area contributed by atoms with E-state index in [1.165, 1.54) is 36.8 Å². The van der Waals surface area contributed by atoms with Gasteiger partial charge in [-0.1, -0.05) is 66.5 Å². The van der Waals surface area contributed by atoms with Gasteiger partial charge >= 0.3 is 0 Å². The number of carbonyl (C=O) groups is 4. The SMILES string of the molecule is COCCOCCOCCOc1cc(CNC(=O)C(CCCCNC(=O)c2ccc3cccnc3c2[O-])(CCCCNC(=O)c2ccc3cccnc3c2[O-])CCCNC(=O)c2ccc3cccnc3c2[O-])cc(OCCOCCOCCOC)c1OCCOCCOCCOC.[99Tc]. The van der Waals surface area contributed by atoms with Crippen LogP contribution in [0.25, 0.3) is 32.7 Å². The minimum atomic E-state index is -1.15. The van der Waals surface area contributed by atoms with Crippen LogP contribution in [0.5, 0.6) is 34.5 Å². The number of unbranched alkanes of at least 4 members (excludes halogenated alkanes) is 2. The summed E-state index contributed by atoms with van der Waals surface area (Å²) in [5.74, 6) is -2.68. The molecule has 0 unspecified atom stereocenters. The predicted octanol–water partition coefficient (Wildman–Crippen LogP) is 5.74. The van der Waals surface area contributed by atoms with Gasteiger partial charge in [0.05, 0.1) is 116 Å². The number of pyridine rings is 3. The third kappa shape index (κ3) is 25.4. The quantitative estimate of drug-likeness (QED) is 0.0330. The van der Waals surface area contributed by atoms with Crippen molar-refractivity contribution in [3.05, 3.63) is 126 Å². The zero-order chi connectivity index (χ0) is 68.7. The predicted molar refractivity (Wildman–Crippen MR) is 355 cm³/mol. The number of benzene rings is 4. The summed E-state index contributed by atoms with van der Waals surface area (Å²) in [5.41, 5.74) is -0.219. The molecule has 4 N–H and O–H groups in total. The molecule has 0 fully saturated rings. The Hall–Kier alpha value is -7.92. The monoisotopic (exact) mass is 1440 g/mol. The molecular formula is C71H90N7O19Tc-3. The Bertz CT molecular complexity index is 3400. The number of carbonyl (C=O) groups excluding carboxylic acids is 4. The number of methoxy groups -OCH3 is 3. The van der Waals surface area contributed by atoms with Crippen molar-refractivity contribution in [1.29, 1.82) is 0 Å². The number of aromatic nitrogens is 3. The zero-order valence-corrected chi connectivity index (χ0v) is 57.9. The van der Waals surface area contributed by atoms with Gasteiger partial charge in [-0.3, -0.25) is 34.1 Å². The van der Waals surface area contributed by atoms with Crippen molar-refractivity contribution in [3.8, 4) is 34.5 Å². The number of hydrogen-bond donors (Lipinski definition) is 4. The van der Waals surface area contributed by atoms with Crippen LogP contribution in [0.2, 0.25) is 0 Å². The van der Waals surface area contributed by atoms with Crippen LogP contribution in [0, 0.1) is 5.41 Å². The van der Waals surface area contributed by atoms with E-state index in [4.69, 9.17) is 56.8 Å². The third-order valence-corrected chi connectivity index (χ3v) is 15.6. The van der Waals surface area contributed by atoms with Crippen molar-refractivity contribution in [3.63, 3.8) is 0 Å². The number of rotatable bonds is 50. The van der Waals surface area contributed by atoms with E-state index in [9.17, 15) is 29.7 Å². The van der Waals surface area contributed by atoms with Gasteiger partial charge in [0, 0.05) is 108 Å². The molecular weight excluding hydrogens is 1350 g/mol. The molecule has 0 aliphatic rings. The summed E-state index contributed by atoms with van der Waals surface area (Å²) in [7, 11) is 4.79. The molecule has 533 valence electrons. The van der Waals surface area contributed by atoms with E-state index in [2.05, 4.69) is 36.2 Å². The van der Waals surface area contributed by atoms with Gasteiger partial charge in [0.1, 0.15) is 19.8 Å². The average molecular weight is 1440 g/mol. The third-order valence-electron chi connectivity index (χ3n) is 15.6. The van der Waals surface area contributed by atoms with Crippen LogP contribution in [-0.4, -0.2) is 198 Å². The fraction of sp³-hybridized carbons (Fsp3) is 0.479. The van der Waals surface area contributed by atoms with Gasteiger partial charge in [-0.15, -0.1) is 0 Å². The number of hydrogen-bond acceptors (Lipinski definition) is 22. The molecule has 1 radical (unpaired) electrons. The van der Waals surface area contributed by atoms with Gasteiger partial charge in [0.25, 0.3) is 17.7 Å². The fourth-order valence-electron chi connectivity index (χ4n) is 10.6. The summed E-state index contributed by atoms with van der Waals surface area (Å²) in [6.07, 6.45) is 7.22. The summed E-state index contributed by atoms with van der Waals surface area (Å²) in [6, 6.07) is 23.3. The molecule has 0 atom stereocenters. The molecule has 0 bridgehead atoms. The van der Waals surface area contributed by atoms with Crippen molar-refractivity contribution in [2.24, 2.45) is 5.41 Å². The van der Waals surface area contributed by atoms with Gasteiger partial charge in [0.2, 0.25) is 11.7 Å². The van der Waals surface area contributed by atoms with Gasteiger partial charge < -0.3 is 93.4 Å². The maximum Gasteiger partial charge on any atom is 0.250 e. The van der Waals surface area contributed by atoms with Gasteiger partial charge in [-0.25, -0.2) is 0 Å². The van der Waals surface area contributed by atoms with E-state index in [0.29, 0.717) is 138 Å². The summed E-state index contributed by atoms with van der Waals surface area (Å²) >= 11 is 0. The first kappa shape index (κ1) is 79.1. The normalized spacial score (nSPS) is 11.4. The van der Waals surface area contributed by atoms with Crippen molar-refractivity contribution in [2.75, 3.05) is 160 Å². The van der Waals surface area contributed by atoms with Crippen molar-refractivity contribution in [2.45, 2.75) is 57.9 Å². The Kier molecular flexibility index (Phi) is 36.2. The summed E-state index contributed by atoms with van der Waals surface area (Å²) in [6.45, 7) is 5.81. The smallest absolute Gasteiger partial charge is 0.250 e. The average Bonchev–Trinajstić information content (AvgIpc) is 0.835. The Morgan fingerprint density at radius 2 is 0.724 bits per heavy atom. The second kappa shape index (κ2) is 44.9. The van der Waals surface area contributed by atoms with E-state index in [0.717, 1.165) is 0 Å². The molecule has 3 aromatic heterocycles. The molecule has 0 saturated carbocycles. The van der Waals surface area contributed by atoms with E-state index >= 15 is 4.79 Å². The van der Waals surface area contributed by atoms with Gasteiger partial charge in [0.15, 0.2) is 11.5 Å². The number of nitrogens with zero attached hydrogens (tertiary/aromatic N) is 3. The molecule has 0 spiro atoms. The first-order chi connectivity index (χ1) is 47.5. The number of fused-ring (bicyclic) bond motifs is 3. The van der Waals surface area contributed by atoms with E-state index < -0.39 is 40.4 Å². The fourth-order valence-corrected chi connectivity index (χ4v) is 10.6. The van der Waals surface area contributed by atoms with E-state index in [-0.39, 0.29) is 157 Å². The molecule has 0 aliphatic carbocycles. The molecule has 7 rings (SSSR count). The molecule has 3 heterocycles. The van der Waals surface area contributed by atoms with Gasteiger partial charge in [-0.2, -0.15) is 0 Å². The Balaban J connectivity index is 0.0000152. The Morgan fingerprint density at radius 1 is 0.398 bits per heavy atom. The number of nitrogens with one attached hydrogen (secondary N) is 4. The molecule has 7 aromatic rings. The van der Waals surface area contributed by atoms with Crippen LogP contribution in [0.4, 0.5) is 0 Å². The number of ether oxygens (including phenoxy) is 12. The van der Waals surface area contributed by atoms with Crippen molar-refractivity contribution in [1.82, 2.24) is 36.2 Å². The van der Waals surface area contributed by atoms with E-state index in [1.54, 1.807) is 88.1 Å². The topological polar surface area (TPSA) is 335 Å². The molecule has 27 heteroatoms. The van der Waals surface area contributed by atoms with Crippen LogP contribution >= 0.6 is 0 Å². The van der Waals surface area contributed by atoms with Crippen LogP contribution in [0.15, 0.2) is 104 Å². The Labute approximate surface area is 584 Å². The summed E-state index contributed by atoms with van der Waals surface area (Å²) < 4.78 is 68.6. The molecule has 4 amide bonds. The van der Waals surface area contributed by atoms with Crippen LogP contribution in [-0.2, 0) is 74.1 Å². The second-order valence-electron chi connectivity index (χ2n) is 22.4. The number of amides is 4. The summed E-state index contributed by atoms with van der Waals surface area (Å²) in [5, 5.41) is 53.9. The standard InChI is InChI=1S/C71H93N7O19.Tc/c1-86-30-33-89-36-39-92-42-45-95-58-48-51(49-59(96-46-43-93-40-37-90-34-31-87-2)66(58)97-47-44-94-41-38-91-35-32-88-3)50-78-70(85)71(23-11-29-77-69(84)57-20-17-54-14-10-28-74-62(54)65(57)81,21-4-6-24-75-67(82)55-18-15-52-12-8-26-72-60(52)63(55)79)22-5-7-25-76-68(83)56-19-16-53-13-9-27-73-61(53)64(56)80;/h8-10,12-20,26-28,48-49,79-81H,4-7,11,21-25,29-47,50H2,1-3H3,(H,75,82)(H,76,83)(H,77,84)(H,78,85);/p-3/i;1+1. The molecule has 98 heavy (non-hydrogen) atoms. The minimum Gasteiger partial charge on any atom is -0.870 e. The maximum atomic E-state index is 15.6. The van der Waals surface area contributed by atoms with Crippen LogP contribution in [0.3, 0.4) is 0 Å². The first-order valence-corrected chi connectivity index (χ1v) is 32.7. The van der Waals surface area contributed by atoms with E-state index in [1.807, 2.05) is 0 Å². The zero-order valence-electron chi connectivity index (χ0n) is 56.0. The van der Waals surface area contributed by atoms with Crippen molar-refractivity contribution < 1.29 is 111 Å². The molecule has 4 aromatic carbocycles. The maximum absolute atomic E-state index is 15.6. The van der Waals surface area contributed by atoms with Gasteiger partial charge in [-0.05, 0) is 109 Å². The first-order valence-electron chi connectivity index (χ1n) is 32.7. The molecule has 0 aliphatic heterocycles.